The molecule has 1 N–H and O–H groups in total. The summed E-state index contributed by atoms with van der Waals surface area (Å²) in [4.78, 5) is 12.8. The van der Waals surface area contributed by atoms with Gasteiger partial charge in [-0.15, -0.1) is 0 Å². The molecule has 0 unspecified atom stereocenters. The first kappa shape index (κ1) is 25.7. The number of nitrogens with one attached hydrogen (secondary N) is 1. The van der Waals surface area contributed by atoms with E-state index in [9.17, 15) is 17.6 Å². The van der Waals surface area contributed by atoms with Crippen LogP contribution < -0.4 is 19.1 Å². The summed E-state index contributed by atoms with van der Waals surface area (Å²) in [6, 6.07) is 26.8. The number of nitrogens with zero attached hydrogens (tertiary/aromatic N) is 1. The number of carbonyl (C=O) groups is 1. The largest absolute Gasteiger partial charge is 0.494 e. The molecule has 9 heteroatoms. The maximum atomic E-state index is 13.4. The molecule has 0 spiro atoms. The average Bonchev–Trinajstić information content (AvgIpc) is 2.90. The van der Waals surface area contributed by atoms with Crippen molar-refractivity contribution in [1.82, 2.24) is 0 Å². The Hall–Kier alpha value is -4.37. The second-order valence-electron chi connectivity index (χ2n) is 7.88. The lowest BCUT2D eigenvalue weighted by Crippen LogP contribution is -2.38. The molecule has 0 aliphatic heterocycles. The molecule has 0 bridgehead atoms. The molecule has 37 heavy (non-hydrogen) atoms. The third-order valence-corrected chi connectivity index (χ3v) is 7.03. The van der Waals surface area contributed by atoms with Gasteiger partial charge < -0.3 is 14.8 Å². The number of amides is 1. The smallest absolute Gasteiger partial charge is 0.264 e. The van der Waals surface area contributed by atoms with Gasteiger partial charge in [-0.1, -0.05) is 18.2 Å². The Kier molecular flexibility index (Phi) is 8.05. The Morgan fingerprint density at radius 1 is 0.811 bits per heavy atom. The average molecular weight is 521 g/mol. The van der Waals surface area contributed by atoms with E-state index >= 15 is 0 Å². The number of sulfonamides is 1. The number of ether oxygens (including phenoxy) is 2. The zero-order valence-corrected chi connectivity index (χ0v) is 20.8. The fourth-order valence-electron chi connectivity index (χ4n) is 3.49. The third kappa shape index (κ3) is 6.65. The van der Waals surface area contributed by atoms with Crippen molar-refractivity contribution in [1.29, 1.82) is 0 Å². The van der Waals surface area contributed by atoms with Gasteiger partial charge in [-0.05, 0) is 91.9 Å². The normalized spacial score (nSPS) is 11.0. The van der Waals surface area contributed by atoms with Crippen molar-refractivity contribution in [2.75, 3.05) is 22.8 Å². The van der Waals surface area contributed by atoms with Crippen molar-refractivity contribution in [2.45, 2.75) is 11.8 Å². The molecule has 7 nitrogen and oxygen atoms in total. The van der Waals surface area contributed by atoms with Gasteiger partial charge in [-0.3, -0.25) is 9.10 Å². The van der Waals surface area contributed by atoms with E-state index in [1.807, 2.05) is 37.3 Å². The van der Waals surface area contributed by atoms with Gasteiger partial charge in [0.1, 0.15) is 29.6 Å². The predicted molar refractivity (Wildman–Crippen MR) is 140 cm³/mol. The van der Waals surface area contributed by atoms with E-state index in [0.717, 1.165) is 28.6 Å². The molecule has 0 aromatic heterocycles. The Balaban J connectivity index is 1.53. The minimum Gasteiger partial charge on any atom is -0.494 e. The summed E-state index contributed by atoms with van der Waals surface area (Å²) >= 11 is 0. The van der Waals surface area contributed by atoms with E-state index in [2.05, 4.69) is 5.32 Å². The van der Waals surface area contributed by atoms with E-state index in [-0.39, 0.29) is 10.6 Å². The SMILES string of the molecule is CCOc1ccc(N(CC(=O)Nc2ccc(Oc3ccccc3)cc2)S(=O)(=O)c2ccc(F)cc2)cc1. The van der Waals surface area contributed by atoms with Gasteiger partial charge in [0.05, 0.1) is 17.2 Å². The van der Waals surface area contributed by atoms with Crippen molar-refractivity contribution >= 4 is 27.3 Å². The second-order valence-corrected chi connectivity index (χ2v) is 9.74. The van der Waals surface area contributed by atoms with Gasteiger partial charge in [0.15, 0.2) is 0 Å². The number of hydrogen-bond acceptors (Lipinski definition) is 5. The molecule has 1 amide bonds. The molecule has 0 fully saturated rings. The molecule has 4 rings (SSSR count). The molecule has 0 heterocycles. The topological polar surface area (TPSA) is 84.9 Å². The van der Waals surface area contributed by atoms with E-state index in [1.165, 1.54) is 0 Å². The molecule has 0 aliphatic rings. The van der Waals surface area contributed by atoms with Crippen LogP contribution in [0.5, 0.6) is 17.2 Å². The number of rotatable bonds is 10. The van der Waals surface area contributed by atoms with Gasteiger partial charge >= 0.3 is 0 Å². The highest BCUT2D eigenvalue weighted by molar-refractivity contribution is 7.92. The van der Waals surface area contributed by atoms with Crippen LogP contribution >= 0.6 is 0 Å². The number of para-hydroxylation sites is 1. The first-order chi connectivity index (χ1) is 17.8. The summed E-state index contributed by atoms with van der Waals surface area (Å²) in [6.07, 6.45) is 0. The van der Waals surface area contributed by atoms with Gasteiger partial charge in [-0.25, -0.2) is 12.8 Å². The summed E-state index contributed by atoms with van der Waals surface area (Å²) in [5.74, 6) is 0.698. The molecule has 4 aromatic carbocycles. The van der Waals surface area contributed by atoms with Crippen LogP contribution in [0.15, 0.2) is 108 Å². The van der Waals surface area contributed by atoms with E-state index in [4.69, 9.17) is 9.47 Å². The van der Waals surface area contributed by atoms with Crippen LogP contribution in [-0.2, 0) is 14.8 Å². The lowest BCUT2D eigenvalue weighted by molar-refractivity contribution is -0.114. The first-order valence-corrected chi connectivity index (χ1v) is 12.9. The lowest BCUT2D eigenvalue weighted by atomic mass is 10.3. The molecule has 0 saturated carbocycles. The minimum atomic E-state index is -4.18. The van der Waals surface area contributed by atoms with Crippen LogP contribution in [0.4, 0.5) is 15.8 Å². The highest BCUT2D eigenvalue weighted by Gasteiger charge is 2.27. The zero-order chi connectivity index (χ0) is 26.3. The second kappa shape index (κ2) is 11.6. The van der Waals surface area contributed by atoms with Gasteiger partial charge in [0.2, 0.25) is 5.91 Å². The molecular weight excluding hydrogens is 495 g/mol. The molecule has 0 atom stereocenters. The number of halogens is 1. The Morgan fingerprint density at radius 2 is 1.41 bits per heavy atom. The number of anilines is 2. The van der Waals surface area contributed by atoms with E-state index < -0.39 is 28.3 Å². The van der Waals surface area contributed by atoms with Crippen LogP contribution in [0, 0.1) is 5.82 Å². The van der Waals surface area contributed by atoms with Gasteiger partial charge in [-0.2, -0.15) is 0 Å². The van der Waals surface area contributed by atoms with Crippen LogP contribution in [0.1, 0.15) is 6.92 Å². The highest BCUT2D eigenvalue weighted by Crippen LogP contribution is 2.27. The third-order valence-electron chi connectivity index (χ3n) is 5.24. The van der Waals surface area contributed by atoms with Crippen LogP contribution in [0.25, 0.3) is 0 Å². The molecule has 0 aliphatic carbocycles. The lowest BCUT2D eigenvalue weighted by Gasteiger charge is -2.24. The summed E-state index contributed by atoms with van der Waals surface area (Å²) in [6.45, 7) is 1.79. The van der Waals surface area contributed by atoms with E-state index in [0.29, 0.717) is 29.5 Å². The van der Waals surface area contributed by atoms with Crippen molar-refractivity contribution in [3.8, 4) is 17.2 Å². The molecule has 4 aromatic rings. The quantitative estimate of drug-likeness (QED) is 0.284. The summed E-state index contributed by atoms with van der Waals surface area (Å²) in [5.41, 5.74) is 0.728. The van der Waals surface area contributed by atoms with Crippen LogP contribution in [0.2, 0.25) is 0 Å². The number of benzene rings is 4. The van der Waals surface area contributed by atoms with Crippen molar-refractivity contribution < 1.29 is 27.1 Å². The minimum absolute atomic E-state index is 0.141. The fraction of sp³-hybridized carbons (Fsp3) is 0.107. The van der Waals surface area contributed by atoms with Crippen molar-refractivity contribution in [3.05, 3.63) is 109 Å². The van der Waals surface area contributed by atoms with Crippen LogP contribution in [0.3, 0.4) is 0 Å². The van der Waals surface area contributed by atoms with Crippen molar-refractivity contribution in [3.63, 3.8) is 0 Å². The predicted octanol–water partition coefficient (Wildman–Crippen LogP) is 5.85. The summed E-state index contributed by atoms with van der Waals surface area (Å²) in [5, 5.41) is 2.71. The number of carbonyl (C=O) groups excluding carboxylic acids is 1. The van der Waals surface area contributed by atoms with E-state index in [1.54, 1.807) is 48.5 Å². The van der Waals surface area contributed by atoms with Gasteiger partial charge in [0, 0.05) is 5.69 Å². The fourth-order valence-corrected chi connectivity index (χ4v) is 4.91. The summed E-state index contributed by atoms with van der Waals surface area (Å²) < 4.78 is 52.5. The van der Waals surface area contributed by atoms with Gasteiger partial charge in [0.25, 0.3) is 10.0 Å². The highest BCUT2D eigenvalue weighted by atomic mass is 32.2. The Labute approximate surface area is 215 Å². The van der Waals surface area contributed by atoms with Crippen molar-refractivity contribution in [2.24, 2.45) is 0 Å². The molecule has 0 saturated heterocycles. The Bertz CT molecular complexity index is 1430. The first-order valence-electron chi connectivity index (χ1n) is 11.5. The monoisotopic (exact) mass is 520 g/mol. The standard InChI is InChI=1S/C28H25FN2O5S/c1-2-35-24-16-12-23(13-17-24)31(37(33,34)27-18-8-21(29)9-19-27)20-28(32)30-22-10-14-26(15-11-22)36-25-6-4-3-5-7-25/h3-19H,2,20H2,1H3,(H,30,32). The van der Waals surface area contributed by atoms with Crippen LogP contribution in [-0.4, -0.2) is 27.5 Å². The number of hydrogen-bond donors (Lipinski definition) is 1. The zero-order valence-electron chi connectivity index (χ0n) is 20.0. The Morgan fingerprint density at radius 3 is 2.03 bits per heavy atom. The maximum Gasteiger partial charge on any atom is 0.264 e. The molecule has 0 radical (unpaired) electrons. The summed E-state index contributed by atoms with van der Waals surface area (Å²) in [7, 11) is -4.18. The molecule has 190 valence electrons. The maximum absolute atomic E-state index is 13.4. The molecular formula is C28H25FN2O5S.